The van der Waals surface area contributed by atoms with Crippen molar-refractivity contribution in [3.8, 4) is 11.5 Å². The van der Waals surface area contributed by atoms with E-state index in [1.807, 2.05) is 13.0 Å². The zero-order valence-electron chi connectivity index (χ0n) is 11.0. The third-order valence-corrected chi connectivity index (χ3v) is 2.97. The van der Waals surface area contributed by atoms with Gasteiger partial charge in [0.2, 0.25) is 0 Å². The van der Waals surface area contributed by atoms with Crippen LogP contribution in [0.2, 0.25) is 5.02 Å². The molecule has 0 saturated heterocycles. The minimum Gasteiger partial charge on any atom is -0.508 e. The third kappa shape index (κ3) is 3.78. The van der Waals surface area contributed by atoms with Crippen LogP contribution in [0.5, 0.6) is 11.5 Å². The largest absolute Gasteiger partial charge is 0.508 e. The number of halogens is 2. The molecule has 2 N–H and O–H groups in total. The molecule has 0 spiro atoms. The van der Waals surface area contributed by atoms with Gasteiger partial charge >= 0.3 is 0 Å². The van der Waals surface area contributed by atoms with E-state index in [2.05, 4.69) is 5.32 Å². The van der Waals surface area contributed by atoms with E-state index in [1.54, 1.807) is 12.1 Å². The zero-order chi connectivity index (χ0) is 14.5. The lowest BCUT2D eigenvalue weighted by molar-refractivity contribution is 0.340. The van der Waals surface area contributed by atoms with Crippen molar-refractivity contribution in [2.45, 2.75) is 13.5 Å². The molecule has 0 aliphatic carbocycles. The summed E-state index contributed by atoms with van der Waals surface area (Å²) in [6.07, 6.45) is 0. The molecule has 0 unspecified atom stereocenters. The molecule has 0 fully saturated rings. The Morgan fingerprint density at radius 2 is 2.05 bits per heavy atom. The summed E-state index contributed by atoms with van der Waals surface area (Å²) >= 11 is 6.08. The molecule has 0 heterocycles. The van der Waals surface area contributed by atoms with E-state index in [9.17, 15) is 9.50 Å². The van der Waals surface area contributed by atoms with Crippen molar-refractivity contribution < 1.29 is 14.2 Å². The van der Waals surface area contributed by atoms with Crippen LogP contribution in [0.1, 0.15) is 12.5 Å². The maximum Gasteiger partial charge on any atom is 0.138 e. The number of anilines is 1. The number of rotatable bonds is 5. The van der Waals surface area contributed by atoms with Gasteiger partial charge in [-0.1, -0.05) is 11.6 Å². The number of hydrogen-bond donors (Lipinski definition) is 2. The van der Waals surface area contributed by atoms with Crippen molar-refractivity contribution >= 4 is 17.3 Å². The number of phenolic OH excluding ortho intramolecular Hbond substituents is 1. The van der Waals surface area contributed by atoms with Crippen molar-refractivity contribution in [2.24, 2.45) is 0 Å². The van der Waals surface area contributed by atoms with Crippen molar-refractivity contribution in [2.75, 3.05) is 11.9 Å². The van der Waals surface area contributed by atoms with Crippen molar-refractivity contribution in [3.63, 3.8) is 0 Å². The van der Waals surface area contributed by atoms with Crippen molar-refractivity contribution in [1.29, 1.82) is 0 Å². The fraction of sp³-hybridized carbons (Fsp3) is 0.200. The summed E-state index contributed by atoms with van der Waals surface area (Å²) in [5, 5.41) is 12.9. The molecule has 0 radical (unpaired) electrons. The van der Waals surface area contributed by atoms with E-state index in [0.717, 1.165) is 11.8 Å². The second-order valence-corrected chi connectivity index (χ2v) is 4.66. The summed E-state index contributed by atoms with van der Waals surface area (Å²) in [5.41, 5.74) is 1.44. The number of aromatic hydroxyl groups is 1. The van der Waals surface area contributed by atoms with Gasteiger partial charge in [0, 0.05) is 18.3 Å². The predicted octanol–water partition coefficient (Wildman–Crippen LogP) is 4.20. The van der Waals surface area contributed by atoms with Crippen LogP contribution in [0.25, 0.3) is 0 Å². The lowest BCUT2D eigenvalue weighted by Gasteiger charge is -2.10. The fourth-order valence-electron chi connectivity index (χ4n) is 1.82. The van der Waals surface area contributed by atoms with Gasteiger partial charge in [0.25, 0.3) is 0 Å². The van der Waals surface area contributed by atoms with Crippen LogP contribution in [0.4, 0.5) is 10.1 Å². The van der Waals surface area contributed by atoms with E-state index >= 15 is 0 Å². The molecule has 20 heavy (non-hydrogen) atoms. The summed E-state index contributed by atoms with van der Waals surface area (Å²) in [6, 6.07) is 9.28. The van der Waals surface area contributed by atoms with Crippen LogP contribution in [0.15, 0.2) is 36.4 Å². The molecular formula is C15H15ClFNO2. The Labute approximate surface area is 122 Å². The van der Waals surface area contributed by atoms with Gasteiger partial charge in [-0.15, -0.1) is 0 Å². The van der Waals surface area contributed by atoms with Crippen LogP contribution in [0, 0.1) is 5.82 Å². The summed E-state index contributed by atoms with van der Waals surface area (Å²) in [7, 11) is 0. The Balaban J connectivity index is 2.05. The molecule has 0 aliphatic heterocycles. The highest BCUT2D eigenvalue weighted by Gasteiger charge is 2.04. The number of benzene rings is 2. The lowest BCUT2D eigenvalue weighted by Crippen LogP contribution is -2.00. The van der Waals surface area contributed by atoms with Crippen LogP contribution in [0.3, 0.4) is 0 Å². The molecule has 0 aliphatic rings. The normalized spacial score (nSPS) is 10.3. The molecule has 106 valence electrons. The summed E-state index contributed by atoms with van der Waals surface area (Å²) in [5.74, 6) is 0.0705. The Hall–Kier alpha value is -1.94. The molecule has 0 atom stereocenters. The number of ether oxygens (including phenoxy) is 1. The highest BCUT2D eigenvalue weighted by atomic mass is 35.5. The predicted molar refractivity (Wildman–Crippen MR) is 78.0 cm³/mol. The molecular weight excluding hydrogens is 281 g/mol. The average molecular weight is 296 g/mol. The Bertz CT molecular complexity index is 584. The molecule has 2 aromatic carbocycles. The standard InChI is InChI=1S/C15H15ClFNO2/c1-2-20-15-4-3-12(8-14(15)16)18-9-10-5-11(17)7-13(19)6-10/h3-8,18-19H,2,9H2,1H3. The third-order valence-electron chi connectivity index (χ3n) is 2.67. The molecule has 0 bridgehead atoms. The number of phenols is 1. The topological polar surface area (TPSA) is 41.5 Å². The molecule has 2 aromatic rings. The minimum absolute atomic E-state index is 0.0912. The monoisotopic (exact) mass is 295 g/mol. The summed E-state index contributed by atoms with van der Waals surface area (Å²) in [4.78, 5) is 0. The van der Waals surface area contributed by atoms with Gasteiger partial charge in [0.05, 0.1) is 11.6 Å². The molecule has 5 heteroatoms. The van der Waals surface area contributed by atoms with Gasteiger partial charge in [-0.3, -0.25) is 0 Å². The first-order valence-corrected chi connectivity index (χ1v) is 6.61. The van der Waals surface area contributed by atoms with Crippen LogP contribution >= 0.6 is 11.6 Å². The quantitative estimate of drug-likeness (QED) is 0.869. The molecule has 0 saturated carbocycles. The zero-order valence-corrected chi connectivity index (χ0v) is 11.7. The van der Waals surface area contributed by atoms with Gasteiger partial charge in [-0.2, -0.15) is 0 Å². The number of hydrogen-bond acceptors (Lipinski definition) is 3. The van der Waals surface area contributed by atoms with Gasteiger partial charge in [0.1, 0.15) is 17.3 Å². The Morgan fingerprint density at radius 1 is 1.25 bits per heavy atom. The van der Waals surface area contributed by atoms with Gasteiger partial charge < -0.3 is 15.2 Å². The highest BCUT2D eigenvalue weighted by Crippen LogP contribution is 2.28. The Morgan fingerprint density at radius 3 is 2.70 bits per heavy atom. The van der Waals surface area contributed by atoms with E-state index in [-0.39, 0.29) is 5.75 Å². The number of nitrogens with one attached hydrogen (secondary N) is 1. The molecule has 2 rings (SSSR count). The van der Waals surface area contributed by atoms with E-state index in [0.29, 0.717) is 29.5 Å². The second-order valence-electron chi connectivity index (χ2n) is 4.25. The lowest BCUT2D eigenvalue weighted by atomic mass is 10.2. The fourth-order valence-corrected chi connectivity index (χ4v) is 2.06. The van der Waals surface area contributed by atoms with E-state index in [1.165, 1.54) is 12.1 Å². The SMILES string of the molecule is CCOc1ccc(NCc2cc(O)cc(F)c2)cc1Cl. The molecule has 0 aromatic heterocycles. The summed E-state index contributed by atoms with van der Waals surface area (Å²) < 4.78 is 18.5. The smallest absolute Gasteiger partial charge is 0.138 e. The van der Waals surface area contributed by atoms with Crippen LogP contribution < -0.4 is 10.1 Å². The molecule has 3 nitrogen and oxygen atoms in total. The average Bonchev–Trinajstić information content (AvgIpc) is 2.38. The van der Waals surface area contributed by atoms with E-state index in [4.69, 9.17) is 16.3 Å². The first kappa shape index (κ1) is 14.5. The Kier molecular flexibility index (Phi) is 4.69. The van der Waals surface area contributed by atoms with Crippen molar-refractivity contribution in [1.82, 2.24) is 0 Å². The first-order valence-electron chi connectivity index (χ1n) is 6.23. The molecule has 0 amide bonds. The maximum absolute atomic E-state index is 13.1. The van der Waals surface area contributed by atoms with E-state index < -0.39 is 5.82 Å². The van der Waals surface area contributed by atoms with Gasteiger partial charge in [-0.05, 0) is 42.8 Å². The maximum atomic E-state index is 13.1. The summed E-state index contributed by atoms with van der Waals surface area (Å²) in [6.45, 7) is 2.82. The highest BCUT2D eigenvalue weighted by molar-refractivity contribution is 6.32. The van der Waals surface area contributed by atoms with Crippen LogP contribution in [-0.2, 0) is 6.54 Å². The minimum atomic E-state index is -0.466. The second kappa shape index (κ2) is 6.48. The van der Waals surface area contributed by atoms with Gasteiger partial charge in [-0.25, -0.2) is 4.39 Å². The van der Waals surface area contributed by atoms with Crippen molar-refractivity contribution in [3.05, 3.63) is 52.8 Å². The van der Waals surface area contributed by atoms with Crippen LogP contribution in [-0.4, -0.2) is 11.7 Å². The van der Waals surface area contributed by atoms with Gasteiger partial charge in [0.15, 0.2) is 0 Å². The first-order chi connectivity index (χ1) is 9.58.